The summed E-state index contributed by atoms with van der Waals surface area (Å²) >= 11 is 9.47. The molecule has 0 fully saturated rings. The van der Waals surface area contributed by atoms with E-state index in [9.17, 15) is 9.90 Å². The second-order valence-corrected chi connectivity index (χ2v) is 6.90. The number of carbonyl (C=O) groups is 1. The first kappa shape index (κ1) is 18.3. The number of nitrogens with zero attached hydrogens (tertiary/aromatic N) is 1. The highest BCUT2D eigenvalue weighted by molar-refractivity contribution is 9.10. The number of halogens is 2. The predicted octanol–water partition coefficient (Wildman–Crippen LogP) is 6.05. The van der Waals surface area contributed by atoms with Gasteiger partial charge in [0, 0.05) is 20.7 Å². The normalized spacial score (nSPS) is 10.4. The summed E-state index contributed by atoms with van der Waals surface area (Å²) in [6, 6.07) is 21.1. The largest absolute Gasteiger partial charge is 0.508 e. The van der Waals surface area contributed by atoms with Crippen molar-refractivity contribution in [2.75, 3.05) is 10.2 Å². The minimum Gasteiger partial charge on any atom is -0.508 e. The topological polar surface area (TPSA) is 52.6 Å². The van der Waals surface area contributed by atoms with Crippen LogP contribution in [0.2, 0.25) is 5.02 Å². The number of benzene rings is 3. The molecule has 0 aliphatic rings. The molecule has 0 saturated heterocycles. The van der Waals surface area contributed by atoms with E-state index in [-0.39, 0.29) is 18.3 Å². The molecule has 3 aromatic carbocycles. The van der Waals surface area contributed by atoms with E-state index in [2.05, 4.69) is 21.2 Å². The summed E-state index contributed by atoms with van der Waals surface area (Å²) in [5.41, 5.74) is 1.92. The number of carbonyl (C=O) groups excluding carboxylic acids is 1. The van der Waals surface area contributed by atoms with Crippen molar-refractivity contribution in [3.63, 3.8) is 0 Å². The van der Waals surface area contributed by atoms with Crippen molar-refractivity contribution in [1.82, 2.24) is 0 Å². The zero-order valence-corrected chi connectivity index (χ0v) is 16.0. The lowest BCUT2D eigenvalue weighted by Crippen LogP contribution is -2.34. The van der Waals surface area contributed by atoms with Crippen molar-refractivity contribution >= 4 is 44.9 Å². The molecule has 3 aromatic rings. The van der Waals surface area contributed by atoms with E-state index in [0.717, 1.165) is 4.47 Å². The molecule has 26 heavy (non-hydrogen) atoms. The number of rotatable bonds is 4. The lowest BCUT2D eigenvalue weighted by Gasteiger charge is -2.24. The quantitative estimate of drug-likeness (QED) is 0.528. The smallest absolute Gasteiger partial charge is 0.326 e. The van der Waals surface area contributed by atoms with Crippen molar-refractivity contribution in [2.45, 2.75) is 6.54 Å². The van der Waals surface area contributed by atoms with Crippen LogP contribution in [-0.2, 0) is 6.54 Å². The van der Waals surface area contributed by atoms with Crippen LogP contribution >= 0.6 is 27.5 Å². The highest BCUT2D eigenvalue weighted by atomic mass is 79.9. The third-order valence-corrected chi connectivity index (χ3v) is 4.73. The summed E-state index contributed by atoms with van der Waals surface area (Å²) < 4.78 is 0.784. The van der Waals surface area contributed by atoms with E-state index in [1.165, 1.54) is 6.07 Å². The molecule has 132 valence electrons. The summed E-state index contributed by atoms with van der Waals surface area (Å²) in [4.78, 5) is 14.5. The van der Waals surface area contributed by atoms with Crippen molar-refractivity contribution in [2.24, 2.45) is 0 Å². The Kier molecular flexibility index (Phi) is 5.81. The predicted molar refractivity (Wildman–Crippen MR) is 109 cm³/mol. The third-order valence-electron chi connectivity index (χ3n) is 3.80. The van der Waals surface area contributed by atoms with E-state index in [1.54, 1.807) is 17.0 Å². The second-order valence-electron chi connectivity index (χ2n) is 5.60. The second kappa shape index (κ2) is 8.25. The molecule has 0 bridgehead atoms. The molecule has 0 radical (unpaired) electrons. The Bertz CT molecular complexity index is 919. The highest BCUT2D eigenvalue weighted by Gasteiger charge is 2.19. The SMILES string of the molecule is O=C(Nc1ccccc1Br)N(Cc1cc(Cl)ccc1O)c1ccccc1. The maximum Gasteiger partial charge on any atom is 0.326 e. The lowest BCUT2D eigenvalue weighted by molar-refractivity contribution is 0.256. The number of para-hydroxylation sites is 2. The van der Waals surface area contributed by atoms with Gasteiger partial charge in [-0.05, 0) is 58.4 Å². The van der Waals surface area contributed by atoms with Crippen LogP contribution in [0.1, 0.15) is 5.56 Å². The molecular formula is C20H16BrClN2O2. The fraction of sp³-hybridized carbons (Fsp3) is 0.0500. The molecule has 2 N–H and O–H groups in total. The maximum absolute atomic E-state index is 12.9. The standard InChI is InChI=1S/C20H16BrClN2O2/c21-17-8-4-5-9-18(17)23-20(26)24(16-6-2-1-3-7-16)13-14-12-15(22)10-11-19(14)25/h1-12,25H,13H2,(H,23,26). The van der Waals surface area contributed by atoms with Crippen molar-refractivity contribution in [1.29, 1.82) is 0 Å². The number of phenolic OH excluding ortho intramolecular Hbond substituents is 1. The molecule has 3 rings (SSSR count). The Morgan fingerprint density at radius 3 is 2.46 bits per heavy atom. The first-order chi connectivity index (χ1) is 12.5. The number of aromatic hydroxyl groups is 1. The molecule has 0 aromatic heterocycles. The molecule has 0 aliphatic heterocycles. The van der Waals surface area contributed by atoms with Gasteiger partial charge in [0.25, 0.3) is 0 Å². The van der Waals surface area contributed by atoms with Crippen LogP contribution in [0.5, 0.6) is 5.75 Å². The number of hydrogen-bond donors (Lipinski definition) is 2. The number of urea groups is 1. The van der Waals surface area contributed by atoms with Crippen LogP contribution in [0.4, 0.5) is 16.2 Å². The molecule has 0 atom stereocenters. The van der Waals surface area contributed by atoms with Crippen LogP contribution < -0.4 is 10.2 Å². The van der Waals surface area contributed by atoms with Crippen molar-refractivity contribution in [3.05, 3.63) is 87.9 Å². The first-order valence-electron chi connectivity index (χ1n) is 7.90. The molecule has 6 heteroatoms. The Morgan fingerprint density at radius 1 is 1.04 bits per heavy atom. The Morgan fingerprint density at radius 2 is 1.73 bits per heavy atom. The average Bonchev–Trinajstić information content (AvgIpc) is 2.65. The highest BCUT2D eigenvalue weighted by Crippen LogP contribution is 2.27. The van der Waals surface area contributed by atoms with Gasteiger partial charge in [0.2, 0.25) is 0 Å². The molecule has 0 spiro atoms. The number of hydrogen-bond acceptors (Lipinski definition) is 2. The van der Waals surface area contributed by atoms with Gasteiger partial charge in [-0.15, -0.1) is 0 Å². The summed E-state index contributed by atoms with van der Waals surface area (Å²) in [7, 11) is 0. The van der Waals surface area contributed by atoms with Gasteiger partial charge in [-0.25, -0.2) is 4.79 Å². The monoisotopic (exact) mass is 430 g/mol. The van der Waals surface area contributed by atoms with Crippen molar-refractivity contribution < 1.29 is 9.90 Å². The Hall–Kier alpha value is -2.50. The molecule has 0 aliphatic carbocycles. The van der Waals surface area contributed by atoms with E-state index in [4.69, 9.17) is 11.6 Å². The van der Waals surface area contributed by atoms with Gasteiger partial charge in [0.1, 0.15) is 5.75 Å². The number of nitrogens with one attached hydrogen (secondary N) is 1. The van der Waals surface area contributed by atoms with Crippen LogP contribution in [0, 0.1) is 0 Å². The zero-order valence-electron chi connectivity index (χ0n) is 13.7. The summed E-state index contributed by atoms with van der Waals surface area (Å²) in [6.45, 7) is 0.173. The van der Waals surface area contributed by atoms with Gasteiger partial charge in [0.15, 0.2) is 0 Å². The number of phenols is 1. The summed E-state index contributed by atoms with van der Waals surface area (Å²) in [6.07, 6.45) is 0. The number of anilines is 2. The molecule has 0 heterocycles. The first-order valence-corrected chi connectivity index (χ1v) is 9.07. The molecule has 4 nitrogen and oxygen atoms in total. The van der Waals surface area contributed by atoms with Gasteiger partial charge in [-0.2, -0.15) is 0 Å². The van der Waals surface area contributed by atoms with E-state index < -0.39 is 0 Å². The molecular weight excluding hydrogens is 416 g/mol. The number of amides is 2. The van der Waals surface area contributed by atoms with E-state index in [0.29, 0.717) is 22.0 Å². The minimum absolute atomic E-state index is 0.0871. The van der Waals surface area contributed by atoms with Crippen LogP contribution in [-0.4, -0.2) is 11.1 Å². The summed E-state index contributed by atoms with van der Waals surface area (Å²) in [5, 5.41) is 13.5. The zero-order chi connectivity index (χ0) is 18.5. The van der Waals surface area contributed by atoms with Gasteiger partial charge >= 0.3 is 6.03 Å². The van der Waals surface area contributed by atoms with E-state index in [1.807, 2.05) is 54.6 Å². The van der Waals surface area contributed by atoms with Crippen molar-refractivity contribution in [3.8, 4) is 5.75 Å². The molecule has 2 amide bonds. The fourth-order valence-corrected chi connectivity index (χ4v) is 3.06. The fourth-order valence-electron chi connectivity index (χ4n) is 2.48. The Labute approximate surface area is 165 Å². The third kappa shape index (κ3) is 4.36. The molecule has 0 unspecified atom stereocenters. The molecule has 0 saturated carbocycles. The van der Waals surface area contributed by atoms with Crippen LogP contribution in [0.25, 0.3) is 0 Å². The van der Waals surface area contributed by atoms with Gasteiger partial charge < -0.3 is 10.4 Å². The minimum atomic E-state index is -0.317. The Balaban J connectivity index is 1.92. The lowest BCUT2D eigenvalue weighted by atomic mass is 10.1. The van der Waals surface area contributed by atoms with E-state index >= 15 is 0 Å². The van der Waals surface area contributed by atoms with Gasteiger partial charge in [-0.3, -0.25) is 4.90 Å². The maximum atomic E-state index is 12.9. The van der Waals surface area contributed by atoms with Gasteiger partial charge in [0.05, 0.1) is 12.2 Å². The van der Waals surface area contributed by atoms with Crippen LogP contribution in [0.15, 0.2) is 77.3 Å². The average molecular weight is 432 g/mol. The van der Waals surface area contributed by atoms with Gasteiger partial charge in [-0.1, -0.05) is 41.9 Å². The van der Waals surface area contributed by atoms with Crippen LogP contribution in [0.3, 0.4) is 0 Å². The summed E-state index contributed by atoms with van der Waals surface area (Å²) in [5.74, 6) is 0.0871.